The number of aryl methyl sites for hydroxylation is 1. The first-order valence-corrected chi connectivity index (χ1v) is 10.4. The van der Waals surface area contributed by atoms with Crippen LogP contribution in [0.3, 0.4) is 0 Å². The lowest BCUT2D eigenvalue weighted by Gasteiger charge is -2.39. The van der Waals surface area contributed by atoms with E-state index in [1.807, 2.05) is 24.4 Å². The molecule has 1 aliphatic heterocycles. The Morgan fingerprint density at radius 3 is 2.89 bits per heavy atom. The first kappa shape index (κ1) is 17.6. The van der Waals surface area contributed by atoms with E-state index < -0.39 is 0 Å². The van der Waals surface area contributed by atoms with E-state index in [-0.39, 0.29) is 0 Å². The van der Waals surface area contributed by atoms with Gasteiger partial charge in [0.05, 0.1) is 17.6 Å². The van der Waals surface area contributed by atoms with E-state index in [0.717, 1.165) is 68.1 Å². The largest absolute Gasteiger partial charge is 0.341 e. The van der Waals surface area contributed by atoms with Crippen molar-refractivity contribution in [2.75, 3.05) is 24.6 Å². The summed E-state index contributed by atoms with van der Waals surface area (Å²) < 4.78 is 0. The lowest BCUT2D eigenvalue weighted by atomic mass is 10.0. The summed E-state index contributed by atoms with van der Waals surface area (Å²) in [5.74, 6) is 2.10. The van der Waals surface area contributed by atoms with E-state index in [1.54, 1.807) is 0 Å². The SMILES string of the molecule is NCC1(CCN(Cc2nc3ccccc3[nH]2)N2CCCc3cccnc32)CC1. The van der Waals surface area contributed by atoms with Crippen molar-refractivity contribution in [3.05, 3.63) is 54.0 Å². The van der Waals surface area contributed by atoms with Crippen LogP contribution in [0.2, 0.25) is 0 Å². The smallest absolute Gasteiger partial charge is 0.146 e. The second-order valence-electron chi connectivity index (χ2n) is 8.26. The number of hydrazine groups is 1. The highest BCUT2D eigenvalue weighted by atomic mass is 15.6. The average Bonchev–Trinajstić information content (AvgIpc) is 3.41. The fourth-order valence-electron chi connectivity index (χ4n) is 4.30. The number of aromatic nitrogens is 3. The number of nitrogens with one attached hydrogen (secondary N) is 1. The zero-order valence-corrected chi connectivity index (χ0v) is 16.3. The second kappa shape index (κ2) is 7.18. The molecule has 0 atom stereocenters. The van der Waals surface area contributed by atoms with Crippen LogP contribution in [0.1, 0.15) is 37.1 Å². The molecule has 0 unspecified atom stereocenters. The minimum Gasteiger partial charge on any atom is -0.341 e. The number of aromatic amines is 1. The molecule has 3 aromatic rings. The van der Waals surface area contributed by atoms with E-state index in [9.17, 15) is 0 Å². The summed E-state index contributed by atoms with van der Waals surface area (Å²) in [4.78, 5) is 13.0. The maximum Gasteiger partial charge on any atom is 0.146 e. The molecule has 0 radical (unpaired) electrons. The number of H-pyrrole nitrogens is 1. The van der Waals surface area contributed by atoms with E-state index in [0.29, 0.717) is 5.41 Å². The Balaban J connectivity index is 1.43. The molecule has 3 heterocycles. The first-order chi connectivity index (χ1) is 13.8. The van der Waals surface area contributed by atoms with E-state index in [1.165, 1.54) is 18.4 Å². The standard InChI is InChI=1S/C22H28N6/c23-16-22(9-10-22)11-14-27(15-20-25-18-7-1-2-8-19(18)26-20)28-13-4-6-17-5-3-12-24-21(17)28/h1-3,5,7-8,12H,4,6,9-11,13-16,23H2,(H,25,26). The molecule has 1 fully saturated rings. The van der Waals surface area contributed by atoms with Crippen molar-refractivity contribution < 1.29 is 0 Å². The van der Waals surface area contributed by atoms with Crippen LogP contribution in [0, 0.1) is 5.41 Å². The number of para-hydroxylation sites is 2. The maximum absolute atomic E-state index is 6.05. The Morgan fingerprint density at radius 2 is 2.07 bits per heavy atom. The first-order valence-electron chi connectivity index (χ1n) is 10.4. The molecule has 6 nitrogen and oxygen atoms in total. The number of hydrogen-bond acceptors (Lipinski definition) is 5. The van der Waals surface area contributed by atoms with Crippen molar-refractivity contribution in [3.8, 4) is 0 Å². The molecule has 0 bridgehead atoms. The van der Waals surface area contributed by atoms with Gasteiger partial charge in [-0.3, -0.25) is 5.01 Å². The molecule has 0 saturated heterocycles. The van der Waals surface area contributed by atoms with Crippen LogP contribution in [-0.4, -0.2) is 39.6 Å². The predicted molar refractivity (Wildman–Crippen MR) is 112 cm³/mol. The number of benzene rings is 1. The van der Waals surface area contributed by atoms with Crippen LogP contribution in [-0.2, 0) is 13.0 Å². The highest BCUT2D eigenvalue weighted by Crippen LogP contribution is 2.48. The third-order valence-electron chi connectivity index (χ3n) is 6.33. The minimum atomic E-state index is 0.356. The predicted octanol–water partition coefficient (Wildman–Crippen LogP) is 3.26. The van der Waals surface area contributed by atoms with E-state index in [2.05, 4.69) is 33.2 Å². The number of pyridine rings is 1. The van der Waals surface area contributed by atoms with Crippen LogP contribution >= 0.6 is 0 Å². The highest BCUT2D eigenvalue weighted by molar-refractivity contribution is 5.74. The summed E-state index contributed by atoms with van der Waals surface area (Å²) in [7, 11) is 0. The van der Waals surface area contributed by atoms with Crippen molar-refractivity contribution in [1.29, 1.82) is 0 Å². The molecule has 0 spiro atoms. The van der Waals surface area contributed by atoms with E-state index in [4.69, 9.17) is 15.7 Å². The summed E-state index contributed by atoms with van der Waals surface area (Å²) in [6.45, 7) is 3.52. The monoisotopic (exact) mass is 376 g/mol. The van der Waals surface area contributed by atoms with Crippen LogP contribution in [0.15, 0.2) is 42.6 Å². The Labute approximate surface area is 165 Å². The third kappa shape index (κ3) is 3.38. The second-order valence-corrected chi connectivity index (χ2v) is 8.26. The maximum atomic E-state index is 6.05. The van der Waals surface area contributed by atoms with E-state index >= 15 is 0 Å². The normalized spacial score (nSPS) is 17.9. The van der Waals surface area contributed by atoms with Crippen molar-refractivity contribution in [2.24, 2.45) is 11.1 Å². The Hall–Kier alpha value is -2.44. The summed E-state index contributed by atoms with van der Waals surface area (Å²) in [6, 6.07) is 12.5. The van der Waals surface area contributed by atoms with Gasteiger partial charge in [-0.1, -0.05) is 18.2 Å². The summed E-state index contributed by atoms with van der Waals surface area (Å²) in [6.07, 6.45) is 7.80. The van der Waals surface area contributed by atoms with Gasteiger partial charge in [0.1, 0.15) is 11.6 Å². The topological polar surface area (TPSA) is 74.1 Å². The molecular weight excluding hydrogens is 348 g/mol. The molecule has 2 aliphatic rings. The van der Waals surface area contributed by atoms with Gasteiger partial charge in [0, 0.05) is 19.3 Å². The molecule has 1 aliphatic carbocycles. The molecule has 28 heavy (non-hydrogen) atoms. The molecule has 6 heteroatoms. The van der Waals surface area contributed by atoms with Crippen molar-refractivity contribution in [1.82, 2.24) is 20.0 Å². The fourth-order valence-corrected chi connectivity index (χ4v) is 4.30. The minimum absolute atomic E-state index is 0.356. The number of imidazole rings is 1. The van der Waals surface area contributed by atoms with Gasteiger partial charge in [-0.15, -0.1) is 0 Å². The Bertz CT molecular complexity index is 927. The van der Waals surface area contributed by atoms with Gasteiger partial charge < -0.3 is 10.7 Å². The fraction of sp³-hybridized carbons (Fsp3) is 0.455. The summed E-state index contributed by atoms with van der Waals surface area (Å²) in [5, 5.41) is 4.80. The number of anilines is 1. The molecule has 1 saturated carbocycles. The lowest BCUT2D eigenvalue weighted by molar-refractivity contribution is 0.206. The zero-order valence-electron chi connectivity index (χ0n) is 16.3. The Morgan fingerprint density at radius 1 is 1.18 bits per heavy atom. The van der Waals surface area contributed by atoms with Crippen LogP contribution in [0.4, 0.5) is 5.82 Å². The average molecular weight is 377 g/mol. The van der Waals surface area contributed by atoms with Gasteiger partial charge in [-0.2, -0.15) is 0 Å². The lowest BCUT2D eigenvalue weighted by Crippen LogP contribution is -2.47. The van der Waals surface area contributed by atoms with Gasteiger partial charge in [-0.05, 0) is 67.8 Å². The third-order valence-corrected chi connectivity index (χ3v) is 6.33. The molecular formula is C22H28N6. The number of nitrogens with two attached hydrogens (primary N) is 1. The quantitative estimate of drug-likeness (QED) is 0.662. The van der Waals surface area contributed by atoms with Crippen molar-refractivity contribution >= 4 is 16.9 Å². The molecule has 3 N–H and O–H groups in total. The molecule has 0 amide bonds. The summed E-state index contributed by atoms with van der Waals surface area (Å²) >= 11 is 0. The van der Waals surface area contributed by atoms with Gasteiger partial charge >= 0.3 is 0 Å². The zero-order chi connectivity index (χ0) is 19.0. The number of fused-ring (bicyclic) bond motifs is 2. The van der Waals surface area contributed by atoms with Crippen molar-refractivity contribution in [3.63, 3.8) is 0 Å². The number of nitrogens with zero attached hydrogens (tertiary/aromatic N) is 4. The van der Waals surface area contributed by atoms with Crippen LogP contribution < -0.4 is 10.7 Å². The van der Waals surface area contributed by atoms with Crippen LogP contribution in [0.25, 0.3) is 11.0 Å². The summed E-state index contributed by atoms with van der Waals surface area (Å²) in [5.41, 5.74) is 9.86. The van der Waals surface area contributed by atoms with Crippen LogP contribution in [0.5, 0.6) is 0 Å². The number of hydrogen-bond donors (Lipinski definition) is 2. The number of rotatable bonds is 7. The van der Waals surface area contributed by atoms with Gasteiger partial charge in [0.25, 0.3) is 0 Å². The molecule has 1 aromatic carbocycles. The Kier molecular flexibility index (Phi) is 4.53. The molecule has 2 aromatic heterocycles. The van der Waals surface area contributed by atoms with Gasteiger partial charge in [-0.25, -0.2) is 15.0 Å². The van der Waals surface area contributed by atoms with Gasteiger partial charge in [0.15, 0.2) is 0 Å². The van der Waals surface area contributed by atoms with Gasteiger partial charge in [0.2, 0.25) is 0 Å². The molecule has 5 rings (SSSR count). The van der Waals surface area contributed by atoms with Crippen molar-refractivity contribution in [2.45, 2.75) is 38.6 Å². The molecule has 146 valence electrons. The highest BCUT2D eigenvalue weighted by Gasteiger charge is 2.41.